The summed E-state index contributed by atoms with van der Waals surface area (Å²) in [5, 5.41) is 0. The highest BCUT2D eigenvalue weighted by atomic mass is 32.2. The van der Waals surface area contributed by atoms with Crippen molar-refractivity contribution in [2.45, 2.75) is 26.5 Å². The number of rotatable bonds is 4. The van der Waals surface area contributed by atoms with Crippen molar-refractivity contribution in [1.82, 2.24) is 4.31 Å². The van der Waals surface area contributed by atoms with Crippen LogP contribution in [0.4, 0.5) is 5.69 Å². The van der Waals surface area contributed by atoms with Crippen molar-refractivity contribution in [3.8, 4) is 0 Å². The second-order valence-electron chi connectivity index (χ2n) is 5.82. The summed E-state index contributed by atoms with van der Waals surface area (Å²) in [5.41, 5.74) is 6.89. The zero-order chi connectivity index (χ0) is 14.0. The number of nitrogens with two attached hydrogens (primary N) is 1. The molecule has 18 heavy (non-hydrogen) atoms. The minimum atomic E-state index is -3.29. The molecule has 0 atom stereocenters. The van der Waals surface area contributed by atoms with Crippen molar-refractivity contribution < 1.29 is 8.42 Å². The molecule has 0 aromatic heterocycles. The van der Waals surface area contributed by atoms with E-state index in [-0.39, 0.29) is 11.2 Å². The maximum Gasteiger partial charge on any atom is 0.218 e. The first kappa shape index (κ1) is 15.0. The third-order valence-electron chi connectivity index (χ3n) is 2.47. The fourth-order valence-corrected chi connectivity index (χ4v) is 3.18. The van der Waals surface area contributed by atoms with Crippen LogP contribution in [0.5, 0.6) is 0 Å². The second-order valence-corrected chi connectivity index (χ2v) is 7.89. The van der Waals surface area contributed by atoms with Gasteiger partial charge in [-0.25, -0.2) is 12.7 Å². The van der Waals surface area contributed by atoms with Crippen LogP contribution < -0.4 is 5.73 Å². The van der Waals surface area contributed by atoms with E-state index in [0.29, 0.717) is 12.2 Å². The Morgan fingerprint density at radius 3 is 2.39 bits per heavy atom. The summed E-state index contributed by atoms with van der Waals surface area (Å²) in [6, 6.07) is 6.99. The molecular weight excluding hydrogens is 248 g/mol. The number of nitrogen functional groups attached to an aromatic ring is 1. The molecule has 0 amide bonds. The van der Waals surface area contributed by atoms with E-state index in [4.69, 9.17) is 5.73 Å². The maximum absolute atomic E-state index is 12.2. The van der Waals surface area contributed by atoms with Gasteiger partial charge in [0.2, 0.25) is 10.0 Å². The molecule has 0 spiro atoms. The average molecular weight is 270 g/mol. The molecule has 0 aliphatic heterocycles. The molecular formula is C13H22N2O2S. The molecule has 0 heterocycles. The summed E-state index contributed by atoms with van der Waals surface area (Å²) in [5.74, 6) is -0.00931. The van der Waals surface area contributed by atoms with Gasteiger partial charge in [0.1, 0.15) is 0 Å². The van der Waals surface area contributed by atoms with Crippen LogP contribution in [-0.4, -0.2) is 26.3 Å². The lowest BCUT2D eigenvalue weighted by Gasteiger charge is -2.26. The summed E-state index contributed by atoms with van der Waals surface area (Å²) in [4.78, 5) is 0. The molecule has 0 saturated heterocycles. The van der Waals surface area contributed by atoms with Gasteiger partial charge in [-0.05, 0) is 23.1 Å². The van der Waals surface area contributed by atoms with Crippen molar-refractivity contribution in [3.63, 3.8) is 0 Å². The topological polar surface area (TPSA) is 63.4 Å². The molecule has 0 aliphatic rings. The predicted octanol–water partition coefficient (Wildman–Crippen LogP) is 2.08. The average Bonchev–Trinajstić information content (AvgIpc) is 2.13. The van der Waals surface area contributed by atoms with Crippen LogP contribution in [0.25, 0.3) is 0 Å². The summed E-state index contributed by atoms with van der Waals surface area (Å²) in [6.07, 6.45) is 0. The van der Waals surface area contributed by atoms with E-state index in [1.807, 2.05) is 20.8 Å². The number of sulfonamides is 1. The molecule has 0 aliphatic carbocycles. The normalized spacial score (nSPS) is 12.9. The van der Waals surface area contributed by atoms with Gasteiger partial charge in [0.25, 0.3) is 0 Å². The fourth-order valence-electron chi connectivity index (χ4n) is 1.77. The lowest BCUT2D eigenvalue weighted by molar-refractivity contribution is 0.310. The maximum atomic E-state index is 12.2. The van der Waals surface area contributed by atoms with E-state index in [1.165, 1.54) is 4.31 Å². The molecule has 0 radical (unpaired) electrons. The molecule has 0 fully saturated rings. The fraction of sp³-hybridized carbons (Fsp3) is 0.538. The first-order valence-corrected chi connectivity index (χ1v) is 7.49. The molecule has 5 heteroatoms. The van der Waals surface area contributed by atoms with Crippen LogP contribution in [-0.2, 0) is 15.8 Å². The Morgan fingerprint density at radius 1 is 1.28 bits per heavy atom. The van der Waals surface area contributed by atoms with Crippen molar-refractivity contribution >= 4 is 15.7 Å². The Balaban J connectivity index is 2.82. The van der Waals surface area contributed by atoms with Crippen LogP contribution >= 0.6 is 0 Å². The van der Waals surface area contributed by atoms with Crippen LogP contribution in [0.15, 0.2) is 24.3 Å². The smallest absolute Gasteiger partial charge is 0.218 e. The highest BCUT2D eigenvalue weighted by molar-refractivity contribution is 7.88. The Kier molecular flexibility index (Phi) is 4.40. The summed E-state index contributed by atoms with van der Waals surface area (Å²) < 4.78 is 25.8. The molecule has 1 aromatic rings. The quantitative estimate of drug-likeness (QED) is 0.852. The Labute approximate surface area is 110 Å². The third kappa shape index (κ3) is 4.66. The molecule has 4 nitrogen and oxygen atoms in total. The monoisotopic (exact) mass is 270 g/mol. The lowest BCUT2D eigenvalue weighted by Crippen LogP contribution is -2.35. The molecule has 2 N–H and O–H groups in total. The summed E-state index contributed by atoms with van der Waals surface area (Å²) in [7, 11) is -1.67. The second kappa shape index (κ2) is 5.28. The van der Waals surface area contributed by atoms with E-state index < -0.39 is 10.0 Å². The van der Waals surface area contributed by atoms with Crippen molar-refractivity contribution in [2.75, 3.05) is 19.3 Å². The highest BCUT2D eigenvalue weighted by Gasteiger charge is 2.23. The first-order chi connectivity index (χ1) is 8.10. The minimum Gasteiger partial charge on any atom is -0.399 e. The van der Waals surface area contributed by atoms with E-state index >= 15 is 0 Å². The zero-order valence-corrected chi connectivity index (χ0v) is 12.3. The molecule has 1 aromatic carbocycles. The molecule has 0 unspecified atom stereocenters. The van der Waals surface area contributed by atoms with Crippen molar-refractivity contribution in [1.29, 1.82) is 0 Å². The van der Waals surface area contributed by atoms with Gasteiger partial charge < -0.3 is 5.73 Å². The number of nitrogens with zero attached hydrogens (tertiary/aromatic N) is 1. The van der Waals surface area contributed by atoms with Gasteiger partial charge in [-0.15, -0.1) is 0 Å². The van der Waals surface area contributed by atoms with Gasteiger partial charge in [-0.3, -0.25) is 0 Å². The Hall–Kier alpha value is -1.07. The molecule has 1 rings (SSSR count). The van der Waals surface area contributed by atoms with E-state index in [1.54, 1.807) is 31.3 Å². The first-order valence-electron chi connectivity index (χ1n) is 5.89. The molecule has 0 bridgehead atoms. The van der Waals surface area contributed by atoms with Gasteiger partial charge in [0.15, 0.2) is 0 Å². The van der Waals surface area contributed by atoms with Gasteiger partial charge in [0.05, 0.1) is 5.75 Å². The lowest BCUT2D eigenvalue weighted by atomic mass is 9.97. The number of anilines is 1. The molecule has 0 saturated carbocycles. The van der Waals surface area contributed by atoms with Crippen LogP contribution in [0.2, 0.25) is 0 Å². The highest BCUT2D eigenvalue weighted by Crippen LogP contribution is 2.19. The van der Waals surface area contributed by atoms with Crippen LogP contribution in [0.1, 0.15) is 26.3 Å². The number of hydrogen-bond donors (Lipinski definition) is 1. The van der Waals surface area contributed by atoms with Crippen molar-refractivity contribution in [2.24, 2.45) is 5.41 Å². The van der Waals surface area contributed by atoms with E-state index in [0.717, 1.165) is 5.56 Å². The number of hydrogen-bond acceptors (Lipinski definition) is 3. The number of benzene rings is 1. The largest absolute Gasteiger partial charge is 0.399 e. The standard InChI is InChI=1S/C13H22N2O2S/c1-13(2,3)10-15(4)18(16,17)9-11-6-5-7-12(14)8-11/h5-8H,9-10,14H2,1-4H3. The van der Waals surface area contributed by atoms with Crippen molar-refractivity contribution in [3.05, 3.63) is 29.8 Å². The SMILES string of the molecule is CN(CC(C)(C)C)S(=O)(=O)Cc1cccc(N)c1. The van der Waals surface area contributed by atoms with Gasteiger partial charge in [0, 0.05) is 19.3 Å². The van der Waals surface area contributed by atoms with Gasteiger partial charge in [-0.1, -0.05) is 32.9 Å². The Morgan fingerprint density at radius 2 is 1.89 bits per heavy atom. The van der Waals surface area contributed by atoms with E-state index in [9.17, 15) is 8.42 Å². The predicted molar refractivity (Wildman–Crippen MR) is 75.6 cm³/mol. The van der Waals surface area contributed by atoms with Gasteiger partial charge >= 0.3 is 0 Å². The summed E-state index contributed by atoms with van der Waals surface area (Å²) >= 11 is 0. The summed E-state index contributed by atoms with van der Waals surface area (Å²) in [6.45, 7) is 6.54. The van der Waals surface area contributed by atoms with Crippen LogP contribution in [0, 0.1) is 5.41 Å². The third-order valence-corrected chi connectivity index (χ3v) is 4.25. The minimum absolute atomic E-state index is 0.00931. The molecule has 102 valence electrons. The van der Waals surface area contributed by atoms with Crippen LogP contribution in [0.3, 0.4) is 0 Å². The zero-order valence-electron chi connectivity index (χ0n) is 11.5. The Bertz CT molecular complexity index is 504. The van der Waals surface area contributed by atoms with E-state index in [2.05, 4.69) is 0 Å². The van der Waals surface area contributed by atoms with Gasteiger partial charge in [-0.2, -0.15) is 0 Å².